The summed E-state index contributed by atoms with van der Waals surface area (Å²) in [7, 11) is 0. The van der Waals surface area contributed by atoms with Crippen molar-refractivity contribution in [3.05, 3.63) is 59.4 Å². The Morgan fingerprint density at radius 2 is 1.65 bits per heavy atom. The summed E-state index contributed by atoms with van der Waals surface area (Å²) in [6, 6.07) is 11.8. The number of benzene rings is 1. The van der Waals surface area contributed by atoms with Crippen molar-refractivity contribution >= 4 is 17.7 Å². The van der Waals surface area contributed by atoms with E-state index in [1.54, 1.807) is 12.3 Å². The number of hydrogen-bond donors (Lipinski definition) is 3. The first-order valence-corrected chi connectivity index (χ1v) is 18.5. The lowest BCUT2D eigenvalue weighted by atomic mass is 9.72. The highest BCUT2D eigenvalue weighted by Crippen LogP contribution is 2.42. The smallest absolute Gasteiger partial charge is 0.304 e. The summed E-state index contributed by atoms with van der Waals surface area (Å²) in [5.74, 6) is -2.68. The molecule has 2 heterocycles. The van der Waals surface area contributed by atoms with Crippen LogP contribution in [0.5, 0.6) is 0 Å². The van der Waals surface area contributed by atoms with E-state index in [0.29, 0.717) is 24.3 Å². The lowest BCUT2D eigenvalue weighted by Crippen LogP contribution is -2.53. The molecule has 0 radical (unpaired) electrons. The number of unbranched alkanes of at least 4 members (excludes halogenated alkanes) is 6. The number of carboxylic acids is 1. The minimum atomic E-state index is -0.923. The number of H-pyrrole nitrogens is 1. The zero-order valence-corrected chi connectivity index (χ0v) is 30.0. The number of hydrogen-bond acceptors (Lipinski definition) is 5. The summed E-state index contributed by atoms with van der Waals surface area (Å²) in [6.07, 6.45) is 14.2. The molecule has 2 aliphatic rings. The van der Waals surface area contributed by atoms with Crippen LogP contribution in [0.25, 0.3) is 0 Å². The topological polar surface area (TPSA) is 118 Å². The second kappa shape index (κ2) is 17.6. The molecular formula is C40H60N2O6. The van der Waals surface area contributed by atoms with Crippen molar-refractivity contribution in [3.63, 3.8) is 0 Å². The molecule has 2 fully saturated rings. The summed E-state index contributed by atoms with van der Waals surface area (Å²) in [5.41, 5.74) is 1.68. The van der Waals surface area contributed by atoms with Crippen molar-refractivity contribution in [1.82, 2.24) is 10.3 Å². The molecular weight excluding hydrogens is 604 g/mol. The summed E-state index contributed by atoms with van der Waals surface area (Å²) in [4.78, 5) is 43.9. The number of nitrogens with one attached hydrogen (secondary N) is 2. The fourth-order valence-corrected chi connectivity index (χ4v) is 7.72. The molecule has 1 amide bonds. The average molecular weight is 665 g/mol. The molecule has 4 rings (SSSR count). The van der Waals surface area contributed by atoms with Crippen LogP contribution >= 0.6 is 0 Å². The number of aromatic nitrogens is 1. The van der Waals surface area contributed by atoms with E-state index in [1.807, 2.05) is 45.9 Å². The van der Waals surface area contributed by atoms with E-state index < -0.39 is 29.2 Å². The van der Waals surface area contributed by atoms with Gasteiger partial charge in [-0.3, -0.25) is 14.4 Å². The molecule has 8 nitrogen and oxygen atoms in total. The number of ketones is 1. The highest BCUT2D eigenvalue weighted by Gasteiger charge is 2.47. The van der Waals surface area contributed by atoms with Gasteiger partial charge in [0.2, 0.25) is 5.91 Å². The molecule has 2 aromatic rings. The third kappa shape index (κ3) is 10.5. The summed E-state index contributed by atoms with van der Waals surface area (Å²) >= 11 is 0. The molecule has 266 valence electrons. The Morgan fingerprint density at radius 1 is 0.958 bits per heavy atom. The van der Waals surface area contributed by atoms with Gasteiger partial charge in [0.05, 0.1) is 13.0 Å². The Kier molecular flexibility index (Phi) is 13.9. The van der Waals surface area contributed by atoms with E-state index >= 15 is 0 Å². The molecule has 1 saturated carbocycles. The number of carbonyl (C=O) groups excluding carboxylic acids is 2. The predicted molar refractivity (Wildman–Crippen MR) is 189 cm³/mol. The Bertz CT molecular complexity index is 1320. The number of Topliss-reactive ketones (excluding diaryl/α,β-unsaturated/α-hetero) is 1. The maximum absolute atomic E-state index is 14.2. The van der Waals surface area contributed by atoms with Gasteiger partial charge in [-0.25, -0.2) is 0 Å². The van der Waals surface area contributed by atoms with E-state index in [0.717, 1.165) is 50.5 Å². The largest absolute Gasteiger partial charge is 0.481 e. The minimum absolute atomic E-state index is 0.0539. The molecule has 5 atom stereocenters. The summed E-state index contributed by atoms with van der Waals surface area (Å²) in [5, 5.41) is 13.6. The Labute approximate surface area is 288 Å². The highest BCUT2D eigenvalue weighted by atomic mass is 16.7. The number of carbonyl (C=O) groups is 3. The SMILES string of the molecule is CCCCCCCCCC(Cc1ccccc1)C(=O)NC1CCCCC1C(CC(=O)O)c1[nH]ccc1C(=O)C1OC(C)(C)OCC1(C)C. The van der Waals surface area contributed by atoms with Crippen LogP contribution in [-0.2, 0) is 25.5 Å². The zero-order chi connectivity index (χ0) is 34.7. The number of amides is 1. The van der Waals surface area contributed by atoms with Gasteiger partial charge in [0.25, 0.3) is 0 Å². The van der Waals surface area contributed by atoms with Gasteiger partial charge in [0, 0.05) is 40.7 Å². The van der Waals surface area contributed by atoms with Gasteiger partial charge in [-0.1, -0.05) is 109 Å². The van der Waals surface area contributed by atoms with Crippen molar-refractivity contribution in [1.29, 1.82) is 0 Å². The second-order valence-corrected chi connectivity index (χ2v) is 15.4. The van der Waals surface area contributed by atoms with E-state index in [1.165, 1.54) is 32.1 Å². The first kappa shape index (κ1) is 37.8. The Hall–Kier alpha value is -2.97. The van der Waals surface area contributed by atoms with Gasteiger partial charge in [-0.2, -0.15) is 0 Å². The molecule has 0 bridgehead atoms. The van der Waals surface area contributed by atoms with Crippen molar-refractivity contribution in [3.8, 4) is 0 Å². The molecule has 3 N–H and O–H groups in total. The van der Waals surface area contributed by atoms with Gasteiger partial charge >= 0.3 is 5.97 Å². The van der Waals surface area contributed by atoms with E-state index in [2.05, 4.69) is 29.4 Å². The molecule has 5 unspecified atom stereocenters. The summed E-state index contributed by atoms with van der Waals surface area (Å²) < 4.78 is 12.1. The van der Waals surface area contributed by atoms with Gasteiger partial charge in [0.15, 0.2) is 11.6 Å². The molecule has 1 aromatic carbocycles. The van der Waals surface area contributed by atoms with Crippen molar-refractivity contribution in [2.45, 2.75) is 148 Å². The maximum Gasteiger partial charge on any atom is 0.304 e. The monoisotopic (exact) mass is 664 g/mol. The van der Waals surface area contributed by atoms with Crippen LogP contribution in [-0.4, -0.2) is 52.3 Å². The van der Waals surface area contributed by atoms with Crippen LogP contribution < -0.4 is 5.32 Å². The van der Waals surface area contributed by atoms with Crippen LogP contribution in [0.15, 0.2) is 42.6 Å². The molecule has 8 heteroatoms. The standard InChI is InChI=1S/C40H60N2O6/c1-6-7-8-9-10-11-15-20-29(25-28-18-13-12-14-19-28)38(46)42-33-22-17-16-21-30(33)32(26-34(43)44)35-31(23-24-41-35)36(45)37-39(2,3)27-47-40(4,5)48-37/h12-14,18-19,23-24,29-30,32-33,37,41H,6-11,15-17,20-22,25-27H2,1-5H3,(H,42,46)(H,43,44). The zero-order valence-electron chi connectivity index (χ0n) is 30.0. The minimum Gasteiger partial charge on any atom is -0.481 e. The number of aliphatic carboxylic acids is 1. The van der Waals surface area contributed by atoms with Gasteiger partial charge in [-0.15, -0.1) is 0 Å². The van der Waals surface area contributed by atoms with Crippen LogP contribution in [0.2, 0.25) is 0 Å². The fourth-order valence-electron chi connectivity index (χ4n) is 7.72. The summed E-state index contributed by atoms with van der Waals surface area (Å²) in [6.45, 7) is 10.1. The first-order chi connectivity index (χ1) is 22.9. The van der Waals surface area contributed by atoms with Crippen LogP contribution in [0.3, 0.4) is 0 Å². The molecule has 1 aliphatic heterocycles. The number of carboxylic acid groups (broad SMARTS) is 1. The Morgan fingerprint density at radius 3 is 2.35 bits per heavy atom. The fraction of sp³-hybridized carbons (Fsp3) is 0.675. The van der Waals surface area contributed by atoms with Gasteiger partial charge in [-0.05, 0) is 57.1 Å². The van der Waals surface area contributed by atoms with Gasteiger partial charge < -0.3 is 24.9 Å². The normalized spacial score (nSPS) is 23.2. The lowest BCUT2D eigenvalue weighted by molar-refractivity contribution is -0.298. The molecule has 0 spiro atoms. The average Bonchev–Trinajstić information content (AvgIpc) is 3.54. The van der Waals surface area contributed by atoms with E-state index in [4.69, 9.17) is 9.47 Å². The van der Waals surface area contributed by atoms with Crippen LogP contribution in [0.4, 0.5) is 0 Å². The first-order valence-electron chi connectivity index (χ1n) is 18.5. The maximum atomic E-state index is 14.2. The lowest BCUT2D eigenvalue weighted by Gasteiger charge is -2.45. The van der Waals surface area contributed by atoms with Crippen LogP contribution in [0.1, 0.15) is 146 Å². The molecule has 48 heavy (non-hydrogen) atoms. The predicted octanol–water partition coefficient (Wildman–Crippen LogP) is 8.61. The molecule has 1 aromatic heterocycles. The number of rotatable bonds is 18. The third-order valence-corrected chi connectivity index (χ3v) is 10.5. The van der Waals surface area contributed by atoms with Gasteiger partial charge in [0.1, 0.15) is 6.10 Å². The van der Waals surface area contributed by atoms with E-state index in [9.17, 15) is 19.5 Å². The van der Waals surface area contributed by atoms with Crippen molar-refractivity contribution in [2.24, 2.45) is 17.3 Å². The van der Waals surface area contributed by atoms with Crippen molar-refractivity contribution in [2.75, 3.05) is 6.61 Å². The number of ether oxygens (including phenoxy) is 2. The van der Waals surface area contributed by atoms with Crippen LogP contribution in [0, 0.1) is 17.3 Å². The highest BCUT2D eigenvalue weighted by molar-refractivity contribution is 6.01. The third-order valence-electron chi connectivity index (χ3n) is 10.5. The second-order valence-electron chi connectivity index (χ2n) is 15.4. The molecule has 1 aliphatic carbocycles. The quantitative estimate of drug-likeness (QED) is 0.109. The Balaban J connectivity index is 1.54. The van der Waals surface area contributed by atoms with E-state index in [-0.39, 0.29) is 36.0 Å². The molecule has 1 saturated heterocycles. The number of aromatic amines is 1. The van der Waals surface area contributed by atoms with Crippen molar-refractivity contribution < 1.29 is 29.0 Å².